The number of nitrogens with one attached hydrogen (secondary N) is 1. The van der Waals surface area contributed by atoms with Crippen molar-refractivity contribution in [1.29, 1.82) is 0 Å². The van der Waals surface area contributed by atoms with Gasteiger partial charge in [-0.05, 0) is 72.2 Å². The highest BCUT2D eigenvalue weighted by molar-refractivity contribution is 5.89. The van der Waals surface area contributed by atoms with Crippen molar-refractivity contribution in [2.75, 3.05) is 5.32 Å². The fourth-order valence-corrected chi connectivity index (χ4v) is 5.10. The number of benzene rings is 3. The molecule has 28 heavy (non-hydrogen) atoms. The van der Waals surface area contributed by atoms with E-state index in [1.165, 1.54) is 27.8 Å². The minimum absolute atomic E-state index is 0.209. The topological polar surface area (TPSA) is 49.3 Å². The summed E-state index contributed by atoms with van der Waals surface area (Å²) < 4.78 is 0. The number of carboxylic acids is 1. The number of hydrogen-bond donors (Lipinski definition) is 2. The van der Waals surface area contributed by atoms with Crippen molar-refractivity contribution >= 4 is 11.7 Å². The number of aryl methyl sites for hydroxylation is 2. The molecule has 0 saturated heterocycles. The van der Waals surface area contributed by atoms with E-state index in [0.717, 1.165) is 17.7 Å². The summed E-state index contributed by atoms with van der Waals surface area (Å²) in [5.74, 6) is -0.284. The number of carbonyl (C=O) groups is 1. The second-order valence-electron chi connectivity index (χ2n) is 8.13. The number of rotatable bonds is 2. The molecule has 0 unspecified atom stereocenters. The van der Waals surface area contributed by atoms with Crippen molar-refractivity contribution in [2.24, 2.45) is 5.92 Å². The quantitative estimate of drug-likeness (QED) is 0.629. The zero-order valence-electron chi connectivity index (χ0n) is 16.1. The summed E-state index contributed by atoms with van der Waals surface area (Å²) in [7, 11) is 0. The Kier molecular flexibility index (Phi) is 3.80. The molecule has 140 valence electrons. The molecule has 3 heteroatoms. The fourth-order valence-electron chi connectivity index (χ4n) is 5.10. The third-order valence-corrected chi connectivity index (χ3v) is 6.42. The van der Waals surface area contributed by atoms with Crippen LogP contribution in [-0.2, 0) is 6.42 Å². The Morgan fingerprint density at radius 2 is 1.79 bits per heavy atom. The Hall–Kier alpha value is -3.07. The summed E-state index contributed by atoms with van der Waals surface area (Å²) in [6, 6.07) is 21.0. The Bertz CT molecular complexity index is 1100. The molecule has 3 nitrogen and oxygen atoms in total. The first-order valence-corrected chi connectivity index (χ1v) is 9.81. The van der Waals surface area contributed by atoms with Crippen LogP contribution in [0.2, 0.25) is 0 Å². The van der Waals surface area contributed by atoms with Crippen LogP contribution in [0.5, 0.6) is 0 Å². The Balaban J connectivity index is 1.71. The minimum Gasteiger partial charge on any atom is -0.478 e. The first-order valence-electron chi connectivity index (χ1n) is 9.81. The Morgan fingerprint density at radius 1 is 0.964 bits per heavy atom. The molecule has 2 N–H and O–H groups in total. The van der Waals surface area contributed by atoms with Gasteiger partial charge in [0.2, 0.25) is 0 Å². The zero-order valence-corrected chi connectivity index (χ0v) is 16.1. The molecule has 3 atom stereocenters. The summed E-state index contributed by atoms with van der Waals surface area (Å²) >= 11 is 0. The molecule has 1 aliphatic carbocycles. The lowest BCUT2D eigenvalue weighted by atomic mass is 9.74. The highest BCUT2D eigenvalue weighted by Gasteiger charge is 2.43. The molecule has 0 amide bonds. The van der Waals surface area contributed by atoms with Crippen molar-refractivity contribution in [2.45, 2.75) is 32.2 Å². The molecule has 0 radical (unpaired) electrons. The minimum atomic E-state index is -0.873. The molecule has 5 rings (SSSR count). The molecule has 3 aromatic rings. The summed E-state index contributed by atoms with van der Waals surface area (Å²) in [6.07, 6.45) is 1.00. The fraction of sp³-hybridized carbons (Fsp3) is 0.240. The third-order valence-electron chi connectivity index (χ3n) is 6.42. The molecule has 0 saturated carbocycles. The van der Waals surface area contributed by atoms with Gasteiger partial charge in [0.25, 0.3) is 0 Å². The first-order chi connectivity index (χ1) is 13.5. The summed E-state index contributed by atoms with van der Waals surface area (Å²) in [6.45, 7) is 4.32. The van der Waals surface area contributed by atoms with Gasteiger partial charge in [0.1, 0.15) is 0 Å². The van der Waals surface area contributed by atoms with E-state index in [9.17, 15) is 9.90 Å². The average molecular weight is 369 g/mol. The second kappa shape index (κ2) is 6.23. The van der Waals surface area contributed by atoms with E-state index < -0.39 is 5.97 Å². The van der Waals surface area contributed by atoms with Gasteiger partial charge in [0, 0.05) is 11.6 Å². The smallest absolute Gasteiger partial charge is 0.335 e. The van der Waals surface area contributed by atoms with E-state index >= 15 is 0 Å². The molecule has 1 heterocycles. The van der Waals surface area contributed by atoms with Crippen molar-refractivity contribution < 1.29 is 9.90 Å². The molecule has 0 fully saturated rings. The maximum Gasteiger partial charge on any atom is 0.335 e. The van der Waals surface area contributed by atoms with Crippen LogP contribution in [0.3, 0.4) is 0 Å². The predicted molar refractivity (Wildman–Crippen MR) is 111 cm³/mol. The van der Waals surface area contributed by atoms with Gasteiger partial charge in [0.15, 0.2) is 0 Å². The lowest BCUT2D eigenvalue weighted by molar-refractivity contribution is 0.0696. The maximum absolute atomic E-state index is 11.6. The van der Waals surface area contributed by atoms with Crippen LogP contribution >= 0.6 is 0 Å². The Morgan fingerprint density at radius 3 is 2.61 bits per heavy atom. The van der Waals surface area contributed by atoms with E-state index in [1.807, 2.05) is 12.1 Å². The van der Waals surface area contributed by atoms with Crippen molar-refractivity contribution in [3.8, 4) is 0 Å². The van der Waals surface area contributed by atoms with Crippen molar-refractivity contribution in [1.82, 2.24) is 0 Å². The SMILES string of the molecule is Cc1ccc(C)c([C@@H]2Nc3ccc(C(=O)O)cc3[C@@H]3c4ccccc4C[C@H]32)c1. The molecule has 0 aromatic heterocycles. The second-order valence-corrected chi connectivity index (χ2v) is 8.13. The van der Waals surface area contributed by atoms with Crippen molar-refractivity contribution in [3.05, 3.63) is 99.6 Å². The molecule has 1 aliphatic heterocycles. The highest BCUT2D eigenvalue weighted by atomic mass is 16.4. The van der Waals surface area contributed by atoms with Crippen LogP contribution in [0, 0.1) is 19.8 Å². The van der Waals surface area contributed by atoms with Crippen LogP contribution in [0.25, 0.3) is 0 Å². The van der Waals surface area contributed by atoms with E-state index in [0.29, 0.717) is 11.5 Å². The van der Waals surface area contributed by atoms with Crippen LogP contribution in [0.1, 0.15) is 55.7 Å². The predicted octanol–water partition coefficient (Wildman–Crippen LogP) is 5.47. The lowest BCUT2D eigenvalue weighted by Crippen LogP contribution is -2.31. The van der Waals surface area contributed by atoms with Gasteiger partial charge < -0.3 is 10.4 Å². The summed E-state index contributed by atoms with van der Waals surface area (Å²) in [4.78, 5) is 11.6. The van der Waals surface area contributed by atoms with E-state index in [2.05, 4.69) is 61.6 Å². The standard InChI is InChI=1S/C25H23NO2/c1-14-7-8-15(2)19(11-14)24-21-12-16-5-3-4-6-18(16)23(21)20-13-17(25(27)28)9-10-22(20)26-24/h3-11,13,21,23-24,26H,12H2,1-2H3,(H,27,28)/t21-,23+,24+/m1/s1. The van der Waals surface area contributed by atoms with E-state index in [-0.39, 0.29) is 12.0 Å². The zero-order chi connectivity index (χ0) is 19.4. The van der Waals surface area contributed by atoms with Crippen LogP contribution in [-0.4, -0.2) is 11.1 Å². The number of carboxylic acid groups (broad SMARTS) is 1. The molecule has 2 aliphatic rings. The molecule has 0 spiro atoms. The molecular formula is C25H23NO2. The number of anilines is 1. The van der Waals surface area contributed by atoms with Gasteiger partial charge in [-0.2, -0.15) is 0 Å². The average Bonchev–Trinajstić information content (AvgIpc) is 3.08. The number of fused-ring (bicyclic) bond motifs is 5. The maximum atomic E-state index is 11.6. The van der Waals surface area contributed by atoms with Crippen LogP contribution < -0.4 is 5.32 Å². The summed E-state index contributed by atoms with van der Waals surface area (Å²) in [5.41, 5.74) is 9.14. The van der Waals surface area contributed by atoms with Gasteiger partial charge in [-0.15, -0.1) is 0 Å². The van der Waals surface area contributed by atoms with Gasteiger partial charge in [0.05, 0.1) is 11.6 Å². The molecule has 0 bridgehead atoms. The first kappa shape index (κ1) is 17.1. The van der Waals surface area contributed by atoms with Gasteiger partial charge in [-0.1, -0.05) is 48.0 Å². The van der Waals surface area contributed by atoms with Crippen LogP contribution in [0.15, 0.2) is 60.7 Å². The van der Waals surface area contributed by atoms with Gasteiger partial charge in [-0.3, -0.25) is 0 Å². The largest absolute Gasteiger partial charge is 0.478 e. The molecular weight excluding hydrogens is 346 g/mol. The normalized spacial score (nSPS) is 22.0. The Labute approximate surface area is 165 Å². The highest BCUT2D eigenvalue weighted by Crippen LogP contribution is 2.54. The number of aromatic carboxylic acids is 1. The number of hydrogen-bond acceptors (Lipinski definition) is 2. The van der Waals surface area contributed by atoms with Gasteiger partial charge in [-0.25, -0.2) is 4.79 Å². The third kappa shape index (κ3) is 2.54. The molecule has 3 aromatic carbocycles. The monoisotopic (exact) mass is 369 g/mol. The van der Waals surface area contributed by atoms with Crippen molar-refractivity contribution in [3.63, 3.8) is 0 Å². The summed E-state index contributed by atoms with van der Waals surface area (Å²) in [5, 5.41) is 13.3. The van der Waals surface area contributed by atoms with E-state index in [4.69, 9.17) is 0 Å². The lowest BCUT2D eigenvalue weighted by Gasteiger charge is -2.39. The van der Waals surface area contributed by atoms with Gasteiger partial charge >= 0.3 is 5.97 Å². The van der Waals surface area contributed by atoms with Crippen LogP contribution in [0.4, 0.5) is 5.69 Å². The van der Waals surface area contributed by atoms with E-state index in [1.54, 1.807) is 6.07 Å².